The van der Waals surface area contributed by atoms with Gasteiger partial charge in [0.15, 0.2) is 0 Å². The molecule has 2 atom stereocenters. The fourth-order valence-electron chi connectivity index (χ4n) is 1.29. The predicted molar refractivity (Wildman–Crippen MR) is 103 cm³/mol. The van der Waals surface area contributed by atoms with Gasteiger partial charge in [0.2, 0.25) is 13.7 Å². The molecule has 8 heteroatoms. The third kappa shape index (κ3) is 5.47. The van der Waals surface area contributed by atoms with Gasteiger partial charge in [-0.05, 0) is 0 Å². The van der Waals surface area contributed by atoms with E-state index in [4.69, 9.17) is 0 Å². The van der Waals surface area contributed by atoms with Gasteiger partial charge in [0.25, 0.3) is 0 Å². The minimum absolute atomic E-state index is 0.462. The molecule has 0 aromatic carbocycles. The van der Waals surface area contributed by atoms with Crippen LogP contribution >= 0.6 is 109 Å². The molecule has 1 aromatic rings. The molecular formula is C9H11Br4I2N2+. The van der Waals surface area contributed by atoms with Gasteiger partial charge in [-0.3, -0.25) is 0 Å². The van der Waals surface area contributed by atoms with Crippen LogP contribution in [0.1, 0.15) is 0 Å². The molecule has 2 nitrogen and oxygen atoms in total. The summed E-state index contributed by atoms with van der Waals surface area (Å²) in [6.45, 7) is 1.96. The molecule has 0 N–H and O–H groups in total. The maximum atomic E-state index is 3.65. The fourth-order valence-corrected chi connectivity index (χ4v) is 3.58. The Morgan fingerprint density at radius 2 is 1.76 bits per heavy atom. The Labute approximate surface area is 162 Å². The standard InChI is InChI=1S/C9H11Br4I2N2/c10-1-6(12)3-16-5-17(4-7(13)2-11)9(15)8(16)14/h5-7H,1-4H2/q+1. The third-order valence-electron chi connectivity index (χ3n) is 2.08. The van der Waals surface area contributed by atoms with Crippen LogP contribution in [0.3, 0.4) is 0 Å². The molecule has 0 bridgehead atoms. The number of aromatic nitrogens is 2. The molecule has 2 unspecified atom stereocenters. The summed E-state index contributed by atoms with van der Waals surface area (Å²) in [5.74, 6) is 0. The number of hydrogen-bond acceptors (Lipinski definition) is 0. The highest BCUT2D eigenvalue weighted by Crippen LogP contribution is 2.16. The zero-order chi connectivity index (χ0) is 13.0. The zero-order valence-corrected chi connectivity index (χ0v) is 19.4. The Balaban J connectivity index is 2.84. The van der Waals surface area contributed by atoms with Gasteiger partial charge in [0.05, 0.1) is 9.65 Å². The van der Waals surface area contributed by atoms with Crippen molar-refractivity contribution in [1.29, 1.82) is 0 Å². The number of alkyl halides is 4. The molecule has 1 heterocycles. The maximum Gasteiger partial charge on any atom is 0.245 e. The van der Waals surface area contributed by atoms with Crippen molar-refractivity contribution in [2.24, 2.45) is 0 Å². The lowest BCUT2D eigenvalue weighted by molar-refractivity contribution is -0.707. The van der Waals surface area contributed by atoms with Gasteiger partial charge in [-0.1, -0.05) is 63.7 Å². The topological polar surface area (TPSA) is 8.81 Å². The molecular weight excluding hydrogens is 710 g/mol. The maximum absolute atomic E-state index is 3.65. The molecule has 17 heavy (non-hydrogen) atoms. The minimum atomic E-state index is 0.462. The van der Waals surface area contributed by atoms with E-state index < -0.39 is 0 Å². The number of hydrogen-bond donors (Lipinski definition) is 0. The van der Waals surface area contributed by atoms with E-state index in [0.29, 0.717) is 9.65 Å². The Morgan fingerprint density at radius 3 is 2.29 bits per heavy atom. The van der Waals surface area contributed by atoms with Crippen LogP contribution in [0.5, 0.6) is 0 Å². The van der Waals surface area contributed by atoms with Crippen LogP contribution in [0, 0.1) is 7.40 Å². The minimum Gasteiger partial charge on any atom is -0.223 e. The van der Waals surface area contributed by atoms with Crippen LogP contribution in [-0.4, -0.2) is 24.9 Å². The average Bonchev–Trinajstić information content (AvgIpc) is 2.57. The first-order valence-electron chi connectivity index (χ1n) is 4.83. The molecule has 0 fully saturated rings. The van der Waals surface area contributed by atoms with Crippen molar-refractivity contribution in [2.45, 2.75) is 22.7 Å². The van der Waals surface area contributed by atoms with Gasteiger partial charge in [0.1, 0.15) is 13.1 Å². The van der Waals surface area contributed by atoms with E-state index in [1.807, 2.05) is 0 Å². The van der Waals surface area contributed by atoms with Crippen LogP contribution in [0.15, 0.2) is 6.33 Å². The number of rotatable bonds is 6. The van der Waals surface area contributed by atoms with Crippen LogP contribution in [-0.2, 0) is 13.1 Å². The van der Waals surface area contributed by atoms with Crippen LogP contribution < -0.4 is 4.57 Å². The molecule has 98 valence electrons. The molecule has 0 saturated heterocycles. The van der Waals surface area contributed by atoms with Crippen molar-refractivity contribution >= 4 is 109 Å². The lowest BCUT2D eigenvalue weighted by atomic mass is 10.5. The largest absolute Gasteiger partial charge is 0.245 e. The normalized spacial score (nSPS) is 14.9. The summed E-state index contributed by atoms with van der Waals surface area (Å²) in [5, 5.41) is 1.92. The van der Waals surface area contributed by atoms with E-state index >= 15 is 0 Å². The number of nitrogens with zero attached hydrogens (tertiary/aromatic N) is 2. The van der Waals surface area contributed by atoms with Crippen molar-refractivity contribution in [2.75, 3.05) is 10.7 Å². The second-order valence-corrected chi connectivity index (χ2v) is 9.43. The van der Waals surface area contributed by atoms with Crippen molar-refractivity contribution < 1.29 is 4.57 Å². The molecule has 0 saturated carbocycles. The summed E-state index contributed by atoms with van der Waals surface area (Å²) >= 11 is 19.1. The zero-order valence-electron chi connectivity index (χ0n) is 8.72. The van der Waals surface area contributed by atoms with E-state index in [0.717, 1.165) is 23.7 Å². The molecule has 1 rings (SSSR count). The van der Waals surface area contributed by atoms with E-state index in [-0.39, 0.29) is 0 Å². The Hall–Kier alpha value is 2.59. The fraction of sp³-hybridized carbons (Fsp3) is 0.667. The van der Waals surface area contributed by atoms with Crippen LogP contribution in [0.4, 0.5) is 0 Å². The summed E-state index contributed by atoms with van der Waals surface area (Å²) in [5.41, 5.74) is 0. The molecule has 0 aliphatic rings. The van der Waals surface area contributed by atoms with E-state index in [1.165, 1.54) is 7.40 Å². The van der Waals surface area contributed by atoms with E-state index in [9.17, 15) is 0 Å². The summed E-state index contributed by atoms with van der Waals surface area (Å²) in [6.07, 6.45) is 2.19. The molecule has 0 spiro atoms. The monoisotopic (exact) mass is 717 g/mol. The Morgan fingerprint density at radius 1 is 1.18 bits per heavy atom. The molecule has 0 aliphatic carbocycles. The highest BCUT2D eigenvalue weighted by atomic mass is 127. The SMILES string of the molecule is BrCC(Br)Cn1c[n+](CC(Br)CBr)c(I)c1I. The quantitative estimate of drug-likeness (QED) is 0.236. The second kappa shape index (κ2) is 8.78. The van der Waals surface area contributed by atoms with Crippen LogP contribution in [0.25, 0.3) is 0 Å². The Bertz CT molecular complexity index is 340. The van der Waals surface area contributed by atoms with Gasteiger partial charge in [-0.15, -0.1) is 0 Å². The van der Waals surface area contributed by atoms with Crippen molar-refractivity contribution in [3.8, 4) is 0 Å². The van der Waals surface area contributed by atoms with Gasteiger partial charge >= 0.3 is 0 Å². The molecule has 0 amide bonds. The summed E-state index contributed by atoms with van der Waals surface area (Å²) in [6, 6.07) is 0. The van der Waals surface area contributed by atoms with E-state index in [1.54, 1.807) is 0 Å². The first kappa shape index (κ1) is 17.6. The first-order valence-corrected chi connectivity index (χ1v) is 11.1. The Kier molecular flexibility index (Phi) is 9.11. The number of halogens is 6. The van der Waals surface area contributed by atoms with Crippen molar-refractivity contribution in [1.82, 2.24) is 4.57 Å². The highest BCUT2D eigenvalue weighted by molar-refractivity contribution is 14.1. The van der Waals surface area contributed by atoms with Gasteiger partial charge in [-0.2, -0.15) is 0 Å². The molecule has 0 radical (unpaired) electrons. The van der Waals surface area contributed by atoms with E-state index in [2.05, 4.69) is 124 Å². The van der Waals surface area contributed by atoms with Gasteiger partial charge in [-0.25, -0.2) is 9.13 Å². The van der Waals surface area contributed by atoms with Crippen LogP contribution in [0.2, 0.25) is 0 Å². The predicted octanol–water partition coefficient (Wildman–Crippen LogP) is 4.30. The third-order valence-corrected chi connectivity index (χ3v) is 9.90. The van der Waals surface area contributed by atoms with Gasteiger partial charge < -0.3 is 0 Å². The second-order valence-electron chi connectivity index (χ2n) is 3.50. The summed E-state index contributed by atoms with van der Waals surface area (Å²) in [4.78, 5) is 0.923. The number of imidazole rings is 1. The summed E-state index contributed by atoms with van der Waals surface area (Å²) in [7, 11) is 0. The summed E-state index contributed by atoms with van der Waals surface area (Å²) < 4.78 is 7.17. The van der Waals surface area contributed by atoms with Crippen molar-refractivity contribution in [3.05, 3.63) is 13.7 Å². The lowest BCUT2D eigenvalue weighted by Gasteiger charge is -2.03. The lowest BCUT2D eigenvalue weighted by Crippen LogP contribution is -2.39. The molecule has 1 aromatic heterocycles. The van der Waals surface area contributed by atoms with Gasteiger partial charge in [0, 0.05) is 55.8 Å². The highest BCUT2D eigenvalue weighted by Gasteiger charge is 2.22. The van der Waals surface area contributed by atoms with Crippen molar-refractivity contribution in [3.63, 3.8) is 0 Å². The average molecular weight is 721 g/mol. The smallest absolute Gasteiger partial charge is 0.223 e. The molecule has 0 aliphatic heterocycles. The first-order chi connectivity index (χ1) is 7.99.